The topological polar surface area (TPSA) is 31.9 Å². The number of aromatic nitrogens is 2. The minimum absolute atomic E-state index is 0.887. The van der Waals surface area contributed by atoms with E-state index in [2.05, 4.69) is 87.7 Å². The number of anilines is 1. The van der Waals surface area contributed by atoms with E-state index in [1.165, 1.54) is 16.8 Å². The molecular formula is C23H21N3. The largest absolute Gasteiger partial charge is 0.378 e. The highest BCUT2D eigenvalue weighted by Gasteiger charge is 2.06. The van der Waals surface area contributed by atoms with Crippen molar-refractivity contribution in [2.75, 3.05) is 19.0 Å². The summed E-state index contributed by atoms with van der Waals surface area (Å²) in [7, 11) is 4.08. The first-order valence-corrected chi connectivity index (χ1v) is 8.69. The molecule has 1 N–H and O–H groups in total. The molecule has 0 fully saturated rings. The lowest BCUT2D eigenvalue weighted by atomic mass is 10.0. The van der Waals surface area contributed by atoms with Gasteiger partial charge in [-0.3, -0.25) is 0 Å². The fraction of sp³-hybridized carbons (Fsp3) is 0.0870. The van der Waals surface area contributed by atoms with Crippen molar-refractivity contribution < 1.29 is 0 Å². The summed E-state index contributed by atoms with van der Waals surface area (Å²) in [6.45, 7) is 0. The SMILES string of the molecule is CN(C)c1ccc(-c2ncc(-c3ccc(-c4ccccc4)cc3)[nH]2)cc1. The average Bonchev–Trinajstić information content (AvgIpc) is 3.19. The third kappa shape index (κ3) is 3.24. The van der Waals surface area contributed by atoms with E-state index in [-0.39, 0.29) is 0 Å². The van der Waals surface area contributed by atoms with Crippen LogP contribution in [0, 0.1) is 0 Å². The Balaban J connectivity index is 1.58. The van der Waals surface area contributed by atoms with Crippen LogP contribution < -0.4 is 4.90 Å². The molecule has 0 bridgehead atoms. The van der Waals surface area contributed by atoms with Gasteiger partial charge < -0.3 is 9.88 Å². The van der Waals surface area contributed by atoms with Gasteiger partial charge in [0.2, 0.25) is 0 Å². The molecule has 128 valence electrons. The first-order chi connectivity index (χ1) is 12.7. The van der Waals surface area contributed by atoms with Crippen LogP contribution in [0.5, 0.6) is 0 Å². The second-order valence-corrected chi connectivity index (χ2v) is 6.53. The number of rotatable bonds is 4. The van der Waals surface area contributed by atoms with Gasteiger partial charge in [0.25, 0.3) is 0 Å². The molecule has 3 aromatic carbocycles. The molecule has 3 heteroatoms. The number of imidazole rings is 1. The van der Waals surface area contributed by atoms with Crippen LogP contribution in [0.25, 0.3) is 33.8 Å². The summed E-state index contributed by atoms with van der Waals surface area (Å²) in [6, 6.07) is 27.4. The summed E-state index contributed by atoms with van der Waals surface area (Å²) < 4.78 is 0. The molecule has 0 saturated carbocycles. The van der Waals surface area contributed by atoms with Crippen molar-refractivity contribution in [3.63, 3.8) is 0 Å². The fourth-order valence-corrected chi connectivity index (χ4v) is 3.00. The van der Waals surface area contributed by atoms with Crippen LogP contribution in [0.3, 0.4) is 0 Å². The summed E-state index contributed by atoms with van der Waals surface area (Å²) in [6.07, 6.45) is 1.90. The van der Waals surface area contributed by atoms with Crippen LogP contribution in [-0.2, 0) is 0 Å². The van der Waals surface area contributed by atoms with Crippen LogP contribution in [0.4, 0.5) is 5.69 Å². The smallest absolute Gasteiger partial charge is 0.137 e. The zero-order valence-electron chi connectivity index (χ0n) is 15.0. The fourth-order valence-electron chi connectivity index (χ4n) is 3.00. The molecule has 0 unspecified atom stereocenters. The molecule has 3 nitrogen and oxygen atoms in total. The van der Waals surface area contributed by atoms with E-state index in [1.54, 1.807) is 0 Å². The van der Waals surface area contributed by atoms with E-state index in [1.807, 2.05) is 26.4 Å². The molecule has 26 heavy (non-hydrogen) atoms. The average molecular weight is 339 g/mol. The van der Waals surface area contributed by atoms with Crippen LogP contribution in [0.1, 0.15) is 0 Å². The molecular weight excluding hydrogens is 318 g/mol. The Hall–Kier alpha value is -3.33. The normalized spacial score (nSPS) is 10.7. The van der Waals surface area contributed by atoms with Crippen LogP contribution >= 0.6 is 0 Å². The van der Waals surface area contributed by atoms with Gasteiger partial charge in [-0.15, -0.1) is 0 Å². The highest BCUT2D eigenvalue weighted by atomic mass is 15.1. The Labute approximate surface area is 154 Å². The van der Waals surface area contributed by atoms with Crippen molar-refractivity contribution in [2.45, 2.75) is 0 Å². The first kappa shape index (κ1) is 16.2. The van der Waals surface area contributed by atoms with E-state index >= 15 is 0 Å². The molecule has 4 rings (SSSR count). The van der Waals surface area contributed by atoms with E-state index < -0.39 is 0 Å². The summed E-state index contributed by atoms with van der Waals surface area (Å²) in [5, 5.41) is 0. The molecule has 4 aromatic rings. The zero-order chi connectivity index (χ0) is 17.9. The van der Waals surface area contributed by atoms with Crippen LogP contribution in [0.15, 0.2) is 85.1 Å². The maximum atomic E-state index is 4.55. The van der Waals surface area contributed by atoms with Gasteiger partial charge >= 0.3 is 0 Å². The van der Waals surface area contributed by atoms with Gasteiger partial charge in [-0.2, -0.15) is 0 Å². The van der Waals surface area contributed by atoms with E-state index in [4.69, 9.17) is 0 Å². The summed E-state index contributed by atoms with van der Waals surface area (Å²) in [5.74, 6) is 0.887. The Kier molecular flexibility index (Phi) is 4.28. The Bertz CT molecular complexity index is 982. The highest BCUT2D eigenvalue weighted by Crippen LogP contribution is 2.26. The van der Waals surface area contributed by atoms with Crippen molar-refractivity contribution in [3.8, 4) is 33.8 Å². The van der Waals surface area contributed by atoms with Gasteiger partial charge in [-0.25, -0.2) is 4.98 Å². The van der Waals surface area contributed by atoms with E-state index in [0.29, 0.717) is 0 Å². The molecule has 1 heterocycles. The van der Waals surface area contributed by atoms with Gasteiger partial charge in [-0.05, 0) is 41.0 Å². The monoisotopic (exact) mass is 339 g/mol. The van der Waals surface area contributed by atoms with Crippen molar-refractivity contribution in [2.24, 2.45) is 0 Å². The number of aromatic amines is 1. The highest BCUT2D eigenvalue weighted by molar-refractivity contribution is 5.70. The second kappa shape index (κ2) is 6.89. The Morgan fingerprint density at radius 2 is 1.23 bits per heavy atom. The second-order valence-electron chi connectivity index (χ2n) is 6.53. The lowest BCUT2D eigenvalue weighted by molar-refractivity contribution is 1.13. The predicted molar refractivity (Wildman–Crippen MR) is 109 cm³/mol. The zero-order valence-corrected chi connectivity index (χ0v) is 15.0. The number of nitrogens with zero attached hydrogens (tertiary/aromatic N) is 2. The number of hydrogen-bond acceptors (Lipinski definition) is 2. The van der Waals surface area contributed by atoms with Crippen LogP contribution in [-0.4, -0.2) is 24.1 Å². The minimum Gasteiger partial charge on any atom is -0.378 e. The Morgan fingerprint density at radius 1 is 0.654 bits per heavy atom. The maximum absolute atomic E-state index is 4.55. The maximum Gasteiger partial charge on any atom is 0.137 e. The molecule has 0 aliphatic rings. The minimum atomic E-state index is 0.887. The molecule has 0 aliphatic heterocycles. The molecule has 0 amide bonds. The van der Waals surface area contributed by atoms with Crippen molar-refractivity contribution in [1.29, 1.82) is 0 Å². The first-order valence-electron chi connectivity index (χ1n) is 8.69. The third-order valence-electron chi connectivity index (χ3n) is 4.54. The van der Waals surface area contributed by atoms with Crippen molar-refractivity contribution in [1.82, 2.24) is 9.97 Å². The summed E-state index contributed by atoms with van der Waals surface area (Å²) in [4.78, 5) is 10.1. The van der Waals surface area contributed by atoms with Gasteiger partial charge in [0.15, 0.2) is 0 Å². The van der Waals surface area contributed by atoms with E-state index in [0.717, 1.165) is 22.6 Å². The molecule has 0 aliphatic carbocycles. The standard InChI is InChI=1S/C23H21N3/c1-26(2)21-14-12-20(13-15-21)23-24-16-22(25-23)19-10-8-18(9-11-19)17-6-4-3-5-7-17/h3-16H,1-2H3,(H,24,25). The molecule has 0 radical (unpaired) electrons. The van der Waals surface area contributed by atoms with Gasteiger partial charge in [-0.1, -0.05) is 54.6 Å². The van der Waals surface area contributed by atoms with Gasteiger partial charge in [0.05, 0.1) is 11.9 Å². The molecule has 0 saturated heterocycles. The lowest BCUT2D eigenvalue weighted by Gasteiger charge is -2.12. The van der Waals surface area contributed by atoms with E-state index in [9.17, 15) is 0 Å². The quantitative estimate of drug-likeness (QED) is 0.534. The molecule has 0 atom stereocenters. The number of nitrogens with one attached hydrogen (secondary N) is 1. The van der Waals surface area contributed by atoms with Gasteiger partial charge in [0, 0.05) is 25.3 Å². The van der Waals surface area contributed by atoms with Crippen molar-refractivity contribution >= 4 is 5.69 Å². The lowest BCUT2D eigenvalue weighted by Crippen LogP contribution is -2.07. The number of benzene rings is 3. The number of hydrogen-bond donors (Lipinski definition) is 1. The summed E-state index contributed by atoms with van der Waals surface area (Å²) in [5.41, 5.74) is 6.86. The Morgan fingerprint density at radius 3 is 1.88 bits per heavy atom. The van der Waals surface area contributed by atoms with Crippen LogP contribution in [0.2, 0.25) is 0 Å². The van der Waals surface area contributed by atoms with Gasteiger partial charge in [0.1, 0.15) is 5.82 Å². The predicted octanol–water partition coefficient (Wildman–Crippen LogP) is 5.48. The summed E-state index contributed by atoms with van der Waals surface area (Å²) >= 11 is 0. The van der Waals surface area contributed by atoms with Crippen molar-refractivity contribution in [3.05, 3.63) is 85.1 Å². The molecule has 0 spiro atoms. The number of H-pyrrole nitrogens is 1. The molecule has 1 aromatic heterocycles. The third-order valence-corrected chi connectivity index (χ3v) is 4.54.